The molecule has 7 heteroatoms. The van der Waals surface area contributed by atoms with E-state index in [2.05, 4.69) is 16.8 Å². The zero-order valence-corrected chi connectivity index (χ0v) is 12.2. The number of carboxylic acid groups (broad SMARTS) is 1. The number of carbonyl (C=O) groups is 1. The highest BCUT2D eigenvalue weighted by atomic mass is 16.6. The molecule has 0 bridgehead atoms. The van der Waals surface area contributed by atoms with Crippen molar-refractivity contribution in [3.63, 3.8) is 0 Å². The van der Waals surface area contributed by atoms with Crippen molar-refractivity contribution in [1.29, 1.82) is 0 Å². The molecule has 0 spiro atoms. The molecule has 0 aliphatic carbocycles. The SMILES string of the molecule is CCCCc1ccc(C(=O)O)c(N2CCCC2)n1.O=NO. The largest absolute Gasteiger partial charge is 0.478 e. The summed E-state index contributed by atoms with van der Waals surface area (Å²) in [6, 6.07) is 3.55. The molecular formula is C14H21N3O4. The average molecular weight is 295 g/mol. The number of aromatic nitrogens is 1. The molecule has 1 aliphatic rings. The molecule has 116 valence electrons. The van der Waals surface area contributed by atoms with Crippen LogP contribution in [-0.2, 0) is 6.42 Å². The number of hydrogen-bond donors (Lipinski definition) is 2. The monoisotopic (exact) mass is 295 g/mol. The van der Waals surface area contributed by atoms with Gasteiger partial charge < -0.3 is 15.2 Å². The van der Waals surface area contributed by atoms with Gasteiger partial charge >= 0.3 is 5.97 Å². The zero-order valence-electron chi connectivity index (χ0n) is 12.2. The van der Waals surface area contributed by atoms with E-state index in [-0.39, 0.29) is 0 Å². The minimum Gasteiger partial charge on any atom is -0.478 e. The Labute approximate surface area is 123 Å². The normalized spacial score (nSPS) is 13.5. The highest BCUT2D eigenvalue weighted by molar-refractivity contribution is 5.93. The molecule has 0 saturated carbocycles. The highest BCUT2D eigenvalue weighted by Gasteiger charge is 2.20. The highest BCUT2D eigenvalue weighted by Crippen LogP contribution is 2.23. The Morgan fingerprint density at radius 2 is 2.00 bits per heavy atom. The van der Waals surface area contributed by atoms with Crippen LogP contribution in [0.3, 0.4) is 0 Å². The Hall–Kier alpha value is -2.18. The van der Waals surface area contributed by atoms with Crippen LogP contribution < -0.4 is 4.90 Å². The van der Waals surface area contributed by atoms with Crippen molar-refractivity contribution in [3.8, 4) is 0 Å². The first kappa shape index (κ1) is 16.9. The third-order valence-electron chi connectivity index (χ3n) is 3.36. The Balaban J connectivity index is 0.000000677. The summed E-state index contributed by atoms with van der Waals surface area (Å²) in [6.45, 7) is 3.99. The molecular weight excluding hydrogens is 274 g/mol. The summed E-state index contributed by atoms with van der Waals surface area (Å²) in [7, 11) is 0. The van der Waals surface area contributed by atoms with Crippen molar-refractivity contribution in [2.45, 2.75) is 39.0 Å². The third-order valence-corrected chi connectivity index (χ3v) is 3.36. The van der Waals surface area contributed by atoms with Crippen LogP contribution >= 0.6 is 0 Å². The van der Waals surface area contributed by atoms with E-state index in [1.165, 1.54) is 5.34 Å². The zero-order chi connectivity index (χ0) is 15.7. The van der Waals surface area contributed by atoms with E-state index in [1.54, 1.807) is 6.07 Å². The van der Waals surface area contributed by atoms with E-state index < -0.39 is 5.97 Å². The third kappa shape index (κ3) is 5.02. The first-order valence-electron chi connectivity index (χ1n) is 7.08. The fourth-order valence-corrected chi connectivity index (χ4v) is 2.32. The van der Waals surface area contributed by atoms with Gasteiger partial charge in [-0.25, -0.2) is 9.78 Å². The minimum absolute atomic E-state index is 0.331. The summed E-state index contributed by atoms with van der Waals surface area (Å²) in [5, 5.41) is 17.1. The molecule has 1 aliphatic heterocycles. The van der Waals surface area contributed by atoms with E-state index in [0.717, 1.165) is 50.9 Å². The van der Waals surface area contributed by atoms with Crippen LogP contribution in [0.5, 0.6) is 0 Å². The maximum atomic E-state index is 11.2. The molecule has 0 unspecified atom stereocenters. The predicted molar refractivity (Wildman–Crippen MR) is 78.8 cm³/mol. The number of anilines is 1. The number of rotatable bonds is 5. The molecule has 2 rings (SSSR count). The molecule has 1 aromatic rings. The van der Waals surface area contributed by atoms with Crippen LogP contribution in [0.1, 0.15) is 48.7 Å². The standard InChI is InChI=1S/C14H20N2O2.HNO2/c1-2-3-6-11-7-8-12(14(17)18)13(15-11)16-9-4-5-10-16;2-1-3/h7-8H,2-6,9-10H2,1H3,(H,17,18);(H,2,3). The van der Waals surface area contributed by atoms with Gasteiger partial charge in [0.25, 0.3) is 0 Å². The lowest BCUT2D eigenvalue weighted by molar-refractivity contribution is 0.0697. The van der Waals surface area contributed by atoms with E-state index in [4.69, 9.17) is 10.1 Å². The molecule has 2 N–H and O–H groups in total. The van der Waals surface area contributed by atoms with Crippen LogP contribution in [0, 0.1) is 4.91 Å². The van der Waals surface area contributed by atoms with Crippen LogP contribution in [0.2, 0.25) is 0 Å². The van der Waals surface area contributed by atoms with E-state index in [0.29, 0.717) is 11.4 Å². The van der Waals surface area contributed by atoms with Crippen molar-refractivity contribution in [2.75, 3.05) is 18.0 Å². The van der Waals surface area contributed by atoms with Gasteiger partial charge in [-0.1, -0.05) is 13.3 Å². The summed E-state index contributed by atoms with van der Waals surface area (Å²) in [5.74, 6) is -0.222. The first-order chi connectivity index (χ1) is 10.1. The summed E-state index contributed by atoms with van der Waals surface area (Å²) in [4.78, 5) is 26.0. The van der Waals surface area contributed by atoms with E-state index in [9.17, 15) is 9.90 Å². The molecule has 1 fully saturated rings. The van der Waals surface area contributed by atoms with Gasteiger partial charge in [0.1, 0.15) is 11.4 Å². The lowest BCUT2D eigenvalue weighted by Crippen LogP contribution is -2.22. The Bertz CT molecular complexity index is 473. The molecule has 7 nitrogen and oxygen atoms in total. The number of unbranched alkanes of at least 4 members (excludes halogenated alkanes) is 1. The summed E-state index contributed by atoms with van der Waals surface area (Å²) >= 11 is 0. The molecule has 0 radical (unpaired) electrons. The molecule has 0 atom stereocenters. The minimum atomic E-state index is -0.883. The van der Waals surface area contributed by atoms with Gasteiger partial charge in [-0.05, 0) is 37.8 Å². The van der Waals surface area contributed by atoms with Gasteiger partial charge in [0.2, 0.25) is 0 Å². The van der Waals surface area contributed by atoms with Crippen molar-refractivity contribution >= 4 is 11.8 Å². The number of nitrogens with zero attached hydrogens (tertiary/aromatic N) is 3. The van der Waals surface area contributed by atoms with Crippen LogP contribution in [0.15, 0.2) is 17.5 Å². The smallest absolute Gasteiger partial charge is 0.339 e. The molecule has 2 heterocycles. The van der Waals surface area contributed by atoms with Crippen molar-refractivity contribution in [3.05, 3.63) is 28.3 Å². The van der Waals surface area contributed by atoms with Gasteiger partial charge in [0, 0.05) is 18.8 Å². The number of pyridine rings is 1. The predicted octanol–water partition coefficient (Wildman–Crippen LogP) is 2.86. The number of aromatic carboxylic acids is 1. The van der Waals surface area contributed by atoms with Crippen molar-refractivity contribution in [2.24, 2.45) is 5.34 Å². The van der Waals surface area contributed by atoms with Crippen molar-refractivity contribution < 1.29 is 15.1 Å². The average Bonchev–Trinajstić information content (AvgIpc) is 2.99. The second-order valence-corrected chi connectivity index (χ2v) is 4.86. The second-order valence-electron chi connectivity index (χ2n) is 4.86. The second kappa shape index (κ2) is 8.89. The topological polar surface area (TPSA) is 103 Å². The summed E-state index contributed by atoms with van der Waals surface area (Å²) in [6.07, 6.45) is 5.40. The van der Waals surface area contributed by atoms with Gasteiger partial charge in [-0.2, -0.15) is 0 Å². The quantitative estimate of drug-likeness (QED) is 0.639. The van der Waals surface area contributed by atoms with Crippen LogP contribution in [0.4, 0.5) is 5.82 Å². The van der Waals surface area contributed by atoms with Crippen molar-refractivity contribution in [1.82, 2.24) is 4.98 Å². The lowest BCUT2D eigenvalue weighted by Gasteiger charge is -2.19. The number of aryl methyl sites for hydroxylation is 1. The van der Waals surface area contributed by atoms with Gasteiger partial charge in [-0.15, -0.1) is 4.91 Å². The lowest BCUT2D eigenvalue weighted by atomic mass is 10.1. The number of carboxylic acids is 1. The van der Waals surface area contributed by atoms with Gasteiger partial charge in [-0.3, -0.25) is 0 Å². The maximum absolute atomic E-state index is 11.2. The number of hydrogen-bond acceptors (Lipinski definition) is 5. The molecule has 1 aromatic heterocycles. The molecule has 1 saturated heterocycles. The molecule has 0 aromatic carbocycles. The Kier molecular flexibility index (Phi) is 7.14. The Morgan fingerprint density at radius 3 is 2.52 bits per heavy atom. The van der Waals surface area contributed by atoms with E-state index >= 15 is 0 Å². The van der Waals surface area contributed by atoms with Crippen LogP contribution in [0.25, 0.3) is 0 Å². The van der Waals surface area contributed by atoms with E-state index in [1.807, 2.05) is 6.07 Å². The summed E-state index contributed by atoms with van der Waals surface area (Å²) < 4.78 is 0. The van der Waals surface area contributed by atoms with Gasteiger partial charge in [0.05, 0.1) is 0 Å². The molecule has 0 amide bonds. The summed E-state index contributed by atoms with van der Waals surface area (Å²) in [5.41, 5.74) is 1.33. The Morgan fingerprint density at radius 1 is 1.38 bits per heavy atom. The maximum Gasteiger partial charge on any atom is 0.339 e. The van der Waals surface area contributed by atoms with Crippen LogP contribution in [-0.4, -0.2) is 34.4 Å². The molecule has 21 heavy (non-hydrogen) atoms. The fraction of sp³-hybridized carbons (Fsp3) is 0.571. The van der Waals surface area contributed by atoms with Gasteiger partial charge in [0.15, 0.2) is 5.34 Å². The fourth-order valence-electron chi connectivity index (χ4n) is 2.32. The first-order valence-corrected chi connectivity index (χ1v) is 7.08.